The molecule has 0 amide bonds. The van der Waals surface area contributed by atoms with Crippen molar-refractivity contribution in [1.82, 2.24) is 24.1 Å². The molecule has 0 bridgehead atoms. The van der Waals surface area contributed by atoms with Crippen LogP contribution in [-0.2, 0) is 10.0 Å². The third-order valence-electron chi connectivity index (χ3n) is 5.79. The highest BCUT2D eigenvalue weighted by atomic mass is 32.2. The smallest absolute Gasteiger partial charge is 0.270 e. The SMILES string of the molecule is COc1ccc(S(=O)(=O)NCCCNc2nccc(-c3c(-c4cccc([N+](=O)[O-])c4)nc4sccn34)n2)cc1. The van der Waals surface area contributed by atoms with Crippen molar-refractivity contribution in [2.45, 2.75) is 11.3 Å². The van der Waals surface area contributed by atoms with Gasteiger partial charge in [-0.1, -0.05) is 12.1 Å². The molecule has 0 saturated carbocycles. The van der Waals surface area contributed by atoms with Gasteiger partial charge in [0.2, 0.25) is 16.0 Å². The number of ether oxygens (including phenoxy) is 1. The zero-order valence-electron chi connectivity index (χ0n) is 20.6. The average Bonchev–Trinajstić information content (AvgIpc) is 3.55. The molecule has 0 fully saturated rings. The first kappa shape index (κ1) is 26.2. The number of benzene rings is 2. The van der Waals surface area contributed by atoms with E-state index in [1.807, 2.05) is 16.0 Å². The number of nitro benzene ring substituents is 1. The fourth-order valence-corrected chi connectivity index (χ4v) is 5.70. The highest BCUT2D eigenvalue weighted by molar-refractivity contribution is 7.89. The van der Waals surface area contributed by atoms with Crippen molar-refractivity contribution in [1.29, 1.82) is 0 Å². The molecule has 5 rings (SSSR count). The van der Waals surface area contributed by atoms with E-state index in [-0.39, 0.29) is 17.1 Å². The molecule has 14 heteroatoms. The van der Waals surface area contributed by atoms with Crippen LogP contribution in [0.1, 0.15) is 6.42 Å². The summed E-state index contributed by atoms with van der Waals surface area (Å²) in [4.78, 5) is 25.4. The lowest BCUT2D eigenvalue weighted by Gasteiger charge is -2.09. The van der Waals surface area contributed by atoms with Crippen molar-refractivity contribution in [2.75, 3.05) is 25.5 Å². The number of anilines is 1. The third-order valence-corrected chi connectivity index (χ3v) is 8.02. The van der Waals surface area contributed by atoms with Gasteiger partial charge in [0.05, 0.1) is 22.6 Å². The summed E-state index contributed by atoms with van der Waals surface area (Å²) >= 11 is 1.44. The molecule has 0 aliphatic carbocycles. The fraction of sp³-hybridized carbons (Fsp3) is 0.160. The van der Waals surface area contributed by atoms with Crippen molar-refractivity contribution in [3.8, 4) is 28.4 Å². The van der Waals surface area contributed by atoms with Gasteiger partial charge >= 0.3 is 0 Å². The Kier molecular flexibility index (Phi) is 7.49. The molecule has 12 nitrogen and oxygen atoms in total. The molecular formula is C25H23N7O5S2. The van der Waals surface area contributed by atoms with E-state index in [4.69, 9.17) is 9.72 Å². The van der Waals surface area contributed by atoms with Gasteiger partial charge in [0.1, 0.15) is 17.1 Å². The fourth-order valence-electron chi connectivity index (χ4n) is 3.91. The van der Waals surface area contributed by atoms with Gasteiger partial charge in [-0.25, -0.2) is 28.1 Å². The zero-order valence-corrected chi connectivity index (χ0v) is 22.3. The summed E-state index contributed by atoms with van der Waals surface area (Å²) in [7, 11) is -2.12. The summed E-state index contributed by atoms with van der Waals surface area (Å²) in [6, 6.07) is 14.2. The van der Waals surface area contributed by atoms with Crippen LogP contribution < -0.4 is 14.8 Å². The van der Waals surface area contributed by atoms with E-state index in [0.717, 1.165) is 4.96 Å². The lowest BCUT2D eigenvalue weighted by atomic mass is 10.1. The minimum Gasteiger partial charge on any atom is -0.497 e. The molecule has 0 atom stereocenters. The van der Waals surface area contributed by atoms with Crippen molar-refractivity contribution < 1.29 is 18.1 Å². The number of nitro groups is 1. The number of methoxy groups -OCH3 is 1. The Bertz CT molecular complexity index is 1730. The van der Waals surface area contributed by atoms with Gasteiger partial charge in [0.25, 0.3) is 5.69 Å². The van der Waals surface area contributed by atoms with Crippen molar-refractivity contribution in [2.24, 2.45) is 0 Å². The Balaban J connectivity index is 1.28. The van der Waals surface area contributed by atoms with Crippen LogP contribution >= 0.6 is 11.3 Å². The first-order valence-corrected chi connectivity index (χ1v) is 14.1. The molecule has 3 aromatic heterocycles. The number of thiazole rings is 1. The van der Waals surface area contributed by atoms with Crippen LogP contribution in [0.5, 0.6) is 5.75 Å². The molecule has 0 spiro atoms. The maximum Gasteiger partial charge on any atom is 0.270 e. The maximum absolute atomic E-state index is 12.5. The topological polar surface area (TPSA) is 154 Å². The van der Waals surface area contributed by atoms with E-state index in [2.05, 4.69) is 20.0 Å². The van der Waals surface area contributed by atoms with Crippen LogP contribution in [0.25, 0.3) is 27.6 Å². The molecule has 2 N–H and O–H groups in total. The van der Waals surface area contributed by atoms with Gasteiger partial charge in [0.15, 0.2) is 4.96 Å². The van der Waals surface area contributed by atoms with E-state index in [9.17, 15) is 18.5 Å². The molecule has 0 aliphatic heterocycles. The molecule has 0 aliphatic rings. The van der Waals surface area contributed by atoms with Gasteiger partial charge in [-0.05, 0) is 36.8 Å². The first-order valence-electron chi connectivity index (χ1n) is 11.8. The molecule has 0 radical (unpaired) electrons. The lowest BCUT2D eigenvalue weighted by molar-refractivity contribution is -0.384. The standard InChI is InChI=1S/C25H23N7O5S2/c1-37-19-6-8-20(9-7-19)39(35,36)28-12-3-11-26-24-27-13-10-21(29-24)23-22(30-25-31(23)14-15-38-25)17-4-2-5-18(16-17)32(33)34/h2,4-10,13-16,28H,3,11-12H2,1H3,(H,26,27,29). The number of rotatable bonds is 11. The number of hydrogen-bond donors (Lipinski definition) is 2. The van der Waals surface area contributed by atoms with Gasteiger partial charge in [0, 0.05) is 48.6 Å². The van der Waals surface area contributed by atoms with Crippen molar-refractivity contribution in [3.63, 3.8) is 0 Å². The van der Waals surface area contributed by atoms with Crippen molar-refractivity contribution in [3.05, 3.63) is 82.5 Å². The summed E-state index contributed by atoms with van der Waals surface area (Å²) in [6.45, 7) is 0.642. The van der Waals surface area contributed by atoms with Crippen LogP contribution in [0, 0.1) is 10.1 Å². The second-order valence-electron chi connectivity index (χ2n) is 8.29. The Hall–Kier alpha value is -4.40. The number of hydrogen-bond acceptors (Lipinski definition) is 10. The second kappa shape index (κ2) is 11.1. The van der Waals surface area contributed by atoms with Gasteiger partial charge in [-0.3, -0.25) is 14.5 Å². The van der Waals surface area contributed by atoms with E-state index < -0.39 is 14.9 Å². The predicted molar refractivity (Wildman–Crippen MR) is 147 cm³/mol. The summed E-state index contributed by atoms with van der Waals surface area (Å²) in [5.41, 5.74) is 2.42. The van der Waals surface area contributed by atoms with E-state index in [1.54, 1.807) is 36.5 Å². The summed E-state index contributed by atoms with van der Waals surface area (Å²) < 4.78 is 34.5. The number of sulfonamides is 1. The Morgan fingerprint density at radius 1 is 1.10 bits per heavy atom. The Morgan fingerprint density at radius 3 is 2.69 bits per heavy atom. The van der Waals surface area contributed by atoms with Gasteiger partial charge in [-0.15, -0.1) is 11.3 Å². The van der Waals surface area contributed by atoms with Crippen LogP contribution in [0.4, 0.5) is 11.6 Å². The number of imidazole rings is 1. The molecule has 0 saturated heterocycles. The molecule has 0 unspecified atom stereocenters. The minimum atomic E-state index is -3.64. The first-order chi connectivity index (χ1) is 18.9. The highest BCUT2D eigenvalue weighted by Gasteiger charge is 2.20. The maximum atomic E-state index is 12.5. The highest BCUT2D eigenvalue weighted by Crippen LogP contribution is 2.34. The molecule has 200 valence electrons. The lowest BCUT2D eigenvalue weighted by Crippen LogP contribution is -2.26. The normalized spacial score (nSPS) is 11.5. The Labute approximate surface area is 227 Å². The molecule has 5 aromatic rings. The number of nitrogens with zero attached hydrogens (tertiary/aromatic N) is 5. The molecule has 2 aromatic carbocycles. The minimum absolute atomic E-state index is 0.0255. The largest absolute Gasteiger partial charge is 0.497 e. The van der Waals surface area contributed by atoms with E-state index >= 15 is 0 Å². The summed E-state index contributed by atoms with van der Waals surface area (Å²) in [6.07, 6.45) is 3.97. The van der Waals surface area contributed by atoms with Crippen LogP contribution in [0.15, 0.2) is 77.3 Å². The van der Waals surface area contributed by atoms with Crippen molar-refractivity contribution >= 4 is 38.0 Å². The third kappa shape index (κ3) is 5.72. The average molecular weight is 566 g/mol. The number of nitrogens with one attached hydrogen (secondary N) is 2. The van der Waals surface area contributed by atoms with Crippen LogP contribution in [0.2, 0.25) is 0 Å². The quantitative estimate of drug-likeness (QED) is 0.136. The second-order valence-corrected chi connectivity index (χ2v) is 10.9. The Morgan fingerprint density at radius 2 is 1.92 bits per heavy atom. The molecule has 3 heterocycles. The molecular weight excluding hydrogens is 542 g/mol. The summed E-state index contributed by atoms with van der Waals surface area (Å²) in [5, 5.41) is 16.3. The van der Waals surface area contributed by atoms with Gasteiger partial charge in [-0.2, -0.15) is 0 Å². The predicted octanol–water partition coefficient (Wildman–Crippen LogP) is 4.22. The number of fused-ring (bicyclic) bond motifs is 1. The van der Waals surface area contributed by atoms with E-state index in [1.165, 1.54) is 42.7 Å². The van der Waals surface area contributed by atoms with Crippen LogP contribution in [0.3, 0.4) is 0 Å². The number of aromatic nitrogens is 4. The van der Waals surface area contributed by atoms with Crippen LogP contribution in [-0.4, -0.2) is 52.9 Å². The summed E-state index contributed by atoms with van der Waals surface area (Å²) in [5.74, 6) is 0.939. The monoisotopic (exact) mass is 565 g/mol. The zero-order chi connectivity index (χ0) is 27.4. The molecule has 39 heavy (non-hydrogen) atoms. The number of non-ortho nitro benzene ring substituents is 1. The van der Waals surface area contributed by atoms with Gasteiger partial charge < -0.3 is 10.1 Å². The van der Waals surface area contributed by atoms with E-state index in [0.29, 0.717) is 47.3 Å².